The SMILES string of the molecule is CSc1nnc(SCCCC(C)(O)CN)s1. The van der Waals surface area contributed by atoms with E-state index >= 15 is 0 Å². The van der Waals surface area contributed by atoms with E-state index in [1.807, 2.05) is 6.26 Å². The largest absolute Gasteiger partial charge is 0.389 e. The molecule has 0 bridgehead atoms. The van der Waals surface area contributed by atoms with Crippen LogP contribution in [0.2, 0.25) is 0 Å². The van der Waals surface area contributed by atoms with Crippen LogP contribution in [0.25, 0.3) is 0 Å². The highest BCUT2D eigenvalue weighted by Gasteiger charge is 2.17. The standard InChI is InChI=1S/C9H17N3OS3/c1-9(13,6-10)4-3-5-15-8-12-11-7(14-2)16-8/h13H,3-6,10H2,1-2H3. The zero-order valence-electron chi connectivity index (χ0n) is 9.47. The summed E-state index contributed by atoms with van der Waals surface area (Å²) in [5.74, 6) is 0.944. The highest BCUT2D eigenvalue weighted by Crippen LogP contribution is 2.28. The maximum absolute atomic E-state index is 9.70. The van der Waals surface area contributed by atoms with Crippen LogP contribution >= 0.6 is 34.9 Å². The number of aliphatic hydroxyl groups is 1. The van der Waals surface area contributed by atoms with Gasteiger partial charge in [-0.25, -0.2) is 0 Å². The Morgan fingerprint density at radius 1 is 1.44 bits per heavy atom. The fraction of sp³-hybridized carbons (Fsp3) is 0.778. The van der Waals surface area contributed by atoms with Gasteiger partial charge >= 0.3 is 0 Å². The molecular weight excluding hydrogens is 262 g/mol. The van der Waals surface area contributed by atoms with E-state index in [4.69, 9.17) is 5.73 Å². The highest BCUT2D eigenvalue weighted by molar-refractivity contribution is 8.02. The van der Waals surface area contributed by atoms with Gasteiger partial charge in [-0.15, -0.1) is 10.2 Å². The van der Waals surface area contributed by atoms with E-state index in [0.717, 1.165) is 27.3 Å². The Balaban J connectivity index is 2.20. The summed E-state index contributed by atoms with van der Waals surface area (Å²) < 4.78 is 1.99. The molecule has 3 N–H and O–H groups in total. The van der Waals surface area contributed by atoms with Crippen molar-refractivity contribution in [3.63, 3.8) is 0 Å². The van der Waals surface area contributed by atoms with Gasteiger partial charge in [0.2, 0.25) is 0 Å². The molecule has 0 aliphatic carbocycles. The van der Waals surface area contributed by atoms with Gasteiger partial charge in [0.15, 0.2) is 8.68 Å². The van der Waals surface area contributed by atoms with Crippen LogP contribution in [-0.2, 0) is 0 Å². The lowest BCUT2D eigenvalue weighted by Crippen LogP contribution is -2.34. The highest BCUT2D eigenvalue weighted by atomic mass is 32.2. The molecule has 0 spiro atoms. The quantitative estimate of drug-likeness (QED) is 0.586. The molecule has 1 atom stereocenters. The van der Waals surface area contributed by atoms with Gasteiger partial charge in [0.05, 0.1) is 5.60 Å². The molecule has 7 heteroatoms. The van der Waals surface area contributed by atoms with Gasteiger partial charge in [0, 0.05) is 12.3 Å². The lowest BCUT2D eigenvalue weighted by atomic mass is 10.0. The molecule has 0 aliphatic rings. The van der Waals surface area contributed by atoms with Crippen LogP contribution in [0.4, 0.5) is 0 Å². The van der Waals surface area contributed by atoms with Crippen molar-refractivity contribution in [2.75, 3.05) is 18.6 Å². The number of nitrogens with zero attached hydrogens (tertiary/aromatic N) is 2. The summed E-state index contributed by atoms with van der Waals surface area (Å²) in [5, 5.41) is 17.8. The number of hydrogen-bond donors (Lipinski definition) is 2. The molecule has 1 aromatic rings. The Labute approximate surface area is 108 Å². The van der Waals surface area contributed by atoms with Crippen molar-refractivity contribution in [3.05, 3.63) is 0 Å². The summed E-state index contributed by atoms with van der Waals surface area (Å²) in [5.41, 5.74) is 4.71. The summed E-state index contributed by atoms with van der Waals surface area (Å²) in [6.07, 6.45) is 3.65. The minimum absolute atomic E-state index is 0.313. The molecule has 0 aliphatic heterocycles. The molecule has 0 aromatic carbocycles. The first kappa shape index (κ1) is 14.2. The molecule has 1 unspecified atom stereocenters. The van der Waals surface area contributed by atoms with Crippen molar-refractivity contribution in [1.29, 1.82) is 0 Å². The van der Waals surface area contributed by atoms with Crippen molar-refractivity contribution in [2.24, 2.45) is 5.73 Å². The molecule has 0 fully saturated rings. The minimum atomic E-state index is -0.730. The van der Waals surface area contributed by atoms with Crippen LogP contribution in [0.3, 0.4) is 0 Å². The maximum atomic E-state index is 9.70. The second kappa shape index (κ2) is 6.80. The van der Waals surface area contributed by atoms with Crippen LogP contribution in [0.5, 0.6) is 0 Å². The summed E-state index contributed by atoms with van der Waals surface area (Å²) in [6.45, 7) is 2.08. The van der Waals surface area contributed by atoms with Gasteiger partial charge in [-0.1, -0.05) is 34.9 Å². The lowest BCUT2D eigenvalue weighted by molar-refractivity contribution is 0.0596. The molecule has 4 nitrogen and oxygen atoms in total. The van der Waals surface area contributed by atoms with Crippen molar-refractivity contribution >= 4 is 34.9 Å². The molecule has 92 valence electrons. The predicted octanol–water partition coefficient (Wildman–Crippen LogP) is 1.84. The van der Waals surface area contributed by atoms with Gasteiger partial charge in [0.1, 0.15) is 0 Å². The molecular formula is C9H17N3OS3. The zero-order valence-corrected chi connectivity index (χ0v) is 11.9. The van der Waals surface area contributed by atoms with Gasteiger partial charge in [-0.2, -0.15) is 0 Å². The van der Waals surface area contributed by atoms with Crippen LogP contribution in [0.1, 0.15) is 19.8 Å². The summed E-state index contributed by atoms with van der Waals surface area (Å²) >= 11 is 4.91. The average molecular weight is 279 g/mol. The van der Waals surface area contributed by atoms with Crippen molar-refractivity contribution < 1.29 is 5.11 Å². The molecule has 1 aromatic heterocycles. The third kappa shape index (κ3) is 5.01. The Kier molecular flexibility index (Phi) is 6.06. The number of nitrogens with two attached hydrogens (primary N) is 1. The first-order valence-electron chi connectivity index (χ1n) is 5.00. The van der Waals surface area contributed by atoms with E-state index in [9.17, 15) is 5.11 Å². The average Bonchev–Trinajstić information content (AvgIpc) is 2.72. The predicted molar refractivity (Wildman–Crippen MR) is 71.3 cm³/mol. The minimum Gasteiger partial charge on any atom is -0.389 e. The Morgan fingerprint density at radius 3 is 2.69 bits per heavy atom. The number of thioether (sulfide) groups is 2. The zero-order chi connectivity index (χ0) is 12.0. The maximum Gasteiger partial charge on any atom is 0.175 e. The Morgan fingerprint density at radius 2 is 2.12 bits per heavy atom. The molecule has 16 heavy (non-hydrogen) atoms. The van der Waals surface area contributed by atoms with Gasteiger partial charge in [-0.05, 0) is 26.0 Å². The fourth-order valence-electron chi connectivity index (χ4n) is 1.05. The van der Waals surface area contributed by atoms with Crippen molar-refractivity contribution in [1.82, 2.24) is 10.2 Å². The molecule has 0 radical (unpaired) electrons. The Bertz CT molecular complexity index is 317. The summed E-state index contributed by atoms with van der Waals surface area (Å²) in [7, 11) is 0. The van der Waals surface area contributed by atoms with Crippen molar-refractivity contribution in [3.8, 4) is 0 Å². The monoisotopic (exact) mass is 279 g/mol. The van der Waals surface area contributed by atoms with Gasteiger partial charge in [-0.3, -0.25) is 0 Å². The smallest absolute Gasteiger partial charge is 0.175 e. The molecule has 0 saturated heterocycles. The van der Waals surface area contributed by atoms with Crippen LogP contribution in [0.15, 0.2) is 8.68 Å². The first-order chi connectivity index (χ1) is 7.57. The van der Waals surface area contributed by atoms with Crippen molar-refractivity contribution in [2.45, 2.75) is 34.0 Å². The molecule has 1 heterocycles. The van der Waals surface area contributed by atoms with E-state index in [1.54, 1.807) is 41.8 Å². The van der Waals surface area contributed by atoms with E-state index in [2.05, 4.69) is 10.2 Å². The molecule has 0 saturated carbocycles. The summed E-state index contributed by atoms with van der Waals surface area (Å²) in [4.78, 5) is 0. The lowest BCUT2D eigenvalue weighted by Gasteiger charge is -2.20. The second-order valence-corrected chi connectivity index (χ2v) is 7.06. The molecule has 1 rings (SSSR count). The number of aromatic nitrogens is 2. The van der Waals surface area contributed by atoms with Crippen LogP contribution in [0, 0.1) is 0 Å². The van der Waals surface area contributed by atoms with E-state index < -0.39 is 5.60 Å². The summed E-state index contributed by atoms with van der Waals surface area (Å²) in [6, 6.07) is 0. The third-order valence-corrected chi connectivity index (χ3v) is 5.21. The number of rotatable bonds is 7. The van der Waals surface area contributed by atoms with Gasteiger partial charge < -0.3 is 10.8 Å². The van der Waals surface area contributed by atoms with E-state index in [-0.39, 0.29) is 0 Å². The normalized spacial score (nSPS) is 15.0. The van der Waals surface area contributed by atoms with E-state index in [0.29, 0.717) is 6.54 Å². The number of hydrogen-bond acceptors (Lipinski definition) is 7. The molecule has 0 amide bonds. The topological polar surface area (TPSA) is 72.0 Å². The Hall–Kier alpha value is 0.180. The van der Waals surface area contributed by atoms with Gasteiger partial charge in [0.25, 0.3) is 0 Å². The van der Waals surface area contributed by atoms with E-state index in [1.165, 1.54) is 0 Å². The third-order valence-electron chi connectivity index (χ3n) is 2.09. The first-order valence-corrected chi connectivity index (χ1v) is 8.03. The second-order valence-electron chi connectivity index (χ2n) is 3.69. The fourth-order valence-corrected chi connectivity index (χ4v) is 3.50. The van der Waals surface area contributed by atoms with Crippen LogP contribution < -0.4 is 5.73 Å². The van der Waals surface area contributed by atoms with Crippen LogP contribution in [-0.4, -0.2) is 39.5 Å².